The molecule has 2 aromatic carbocycles. The molecule has 3 nitrogen and oxygen atoms in total. The minimum atomic E-state index is -0.0695. The average molecular weight is 440 g/mol. The first-order chi connectivity index (χ1) is 11.6. The summed E-state index contributed by atoms with van der Waals surface area (Å²) in [5.74, 6) is 0.275. The lowest BCUT2D eigenvalue weighted by atomic mass is 10.2. The number of rotatable bonds is 5. The zero-order chi connectivity index (χ0) is 16.9. The summed E-state index contributed by atoms with van der Waals surface area (Å²) in [5.41, 5.74) is 1.80. The minimum Gasteiger partial charge on any atom is -0.301 e. The third-order valence-electron chi connectivity index (χ3n) is 3.07. The fourth-order valence-corrected chi connectivity index (χ4v) is 3.74. The second kappa shape index (κ2) is 8.16. The summed E-state index contributed by atoms with van der Waals surface area (Å²) in [4.78, 5) is 17.5. The number of benzene rings is 2. The summed E-state index contributed by atoms with van der Waals surface area (Å²) >= 11 is 12.2. The van der Waals surface area contributed by atoms with E-state index in [-0.39, 0.29) is 5.91 Å². The van der Waals surface area contributed by atoms with Crippen molar-refractivity contribution < 1.29 is 4.79 Å². The highest BCUT2D eigenvalue weighted by molar-refractivity contribution is 9.10. The number of hydrogen-bond donors (Lipinski definition) is 1. The minimum absolute atomic E-state index is 0.0695. The Morgan fingerprint density at radius 3 is 2.58 bits per heavy atom. The topological polar surface area (TPSA) is 42.0 Å². The monoisotopic (exact) mass is 438 g/mol. The molecule has 122 valence electrons. The highest BCUT2D eigenvalue weighted by Crippen LogP contribution is 2.26. The number of nitrogens with zero attached hydrogens (tertiary/aromatic N) is 1. The molecule has 0 fully saturated rings. The molecule has 0 aliphatic rings. The van der Waals surface area contributed by atoms with E-state index in [1.807, 2.05) is 53.9 Å². The Labute approximate surface area is 161 Å². The Morgan fingerprint density at radius 2 is 1.88 bits per heavy atom. The summed E-state index contributed by atoms with van der Waals surface area (Å²) in [5, 5.41) is 6.04. The molecular weight excluding hydrogens is 428 g/mol. The fourth-order valence-electron chi connectivity index (χ4n) is 1.92. The van der Waals surface area contributed by atoms with Crippen LogP contribution in [0.1, 0.15) is 0 Å². The number of halogens is 2. The van der Waals surface area contributed by atoms with Gasteiger partial charge in [0.25, 0.3) is 0 Å². The van der Waals surface area contributed by atoms with Gasteiger partial charge in [-0.25, -0.2) is 4.98 Å². The molecule has 7 heteroatoms. The Morgan fingerprint density at radius 1 is 1.17 bits per heavy atom. The van der Waals surface area contributed by atoms with E-state index < -0.39 is 0 Å². The van der Waals surface area contributed by atoms with Crippen molar-refractivity contribution >= 4 is 61.7 Å². The van der Waals surface area contributed by atoms with Crippen molar-refractivity contribution in [1.82, 2.24) is 4.98 Å². The number of anilines is 1. The van der Waals surface area contributed by atoms with Gasteiger partial charge in [0, 0.05) is 25.3 Å². The number of nitrogens with one attached hydrogen (secondary N) is 1. The van der Waals surface area contributed by atoms with Gasteiger partial charge < -0.3 is 5.32 Å². The quantitative estimate of drug-likeness (QED) is 0.499. The molecule has 1 heterocycles. The van der Waals surface area contributed by atoms with E-state index in [0.717, 1.165) is 20.6 Å². The van der Waals surface area contributed by atoms with Crippen LogP contribution >= 0.6 is 50.6 Å². The predicted octanol–water partition coefficient (Wildman–Crippen LogP) is 5.96. The van der Waals surface area contributed by atoms with E-state index in [0.29, 0.717) is 15.9 Å². The Balaban J connectivity index is 1.57. The largest absolute Gasteiger partial charge is 0.301 e. The normalized spacial score (nSPS) is 10.6. The van der Waals surface area contributed by atoms with Crippen LogP contribution in [0, 0.1) is 0 Å². The van der Waals surface area contributed by atoms with Crippen LogP contribution in [-0.2, 0) is 4.79 Å². The maximum absolute atomic E-state index is 12.1. The molecule has 0 atom stereocenters. The lowest BCUT2D eigenvalue weighted by Gasteiger charge is -2.02. The predicted molar refractivity (Wildman–Crippen MR) is 106 cm³/mol. The standard InChI is InChI=1S/C17H12BrClN2OS2/c18-12-3-7-14(8-4-12)23-10-16(22)21-17-20-15(9-24-17)11-1-5-13(19)6-2-11/h1-9H,10H2,(H,20,21,22). The molecule has 1 aromatic heterocycles. The van der Waals surface area contributed by atoms with Crippen molar-refractivity contribution in [2.45, 2.75) is 4.90 Å². The first kappa shape index (κ1) is 17.5. The number of carbonyl (C=O) groups is 1. The van der Waals surface area contributed by atoms with Gasteiger partial charge in [-0.1, -0.05) is 39.7 Å². The van der Waals surface area contributed by atoms with Crippen molar-refractivity contribution in [1.29, 1.82) is 0 Å². The van der Waals surface area contributed by atoms with Crippen molar-refractivity contribution in [3.63, 3.8) is 0 Å². The average Bonchev–Trinajstić information content (AvgIpc) is 3.03. The van der Waals surface area contributed by atoms with Gasteiger partial charge >= 0.3 is 0 Å². The first-order valence-electron chi connectivity index (χ1n) is 7.00. The number of carbonyl (C=O) groups excluding carboxylic acids is 1. The maximum atomic E-state index is 12.1. The highest BCUT2D eigenvalue weighted by Gasteiger charge is 2.09. The molecular formula is C17H12BrClN2OS2. The summed E-state index contributed by atoms with van der Waals surface area (Å²) in [6.07, 6.45) is 0. The molecule has 0 unspecified atom stereocenters. The van der Waals surface area contributed by atoms with Crippen molar-refractivity contribution in [2.24, 2.45) is 0 Å². The molecule has 24 heavy (non-hydrogen) atoms. The molecule has 0 saturated heterocycles. The second-order valence-corrected chi connectivity index (χ2v) is 8.09. The van der Waals surface area contributed by atoms with Crippen LogP contribution in [0.5, 0.6) is 0 Å². The Kier molecular flexibility index (Phi) is 5.94. The van der Waals surface area contributed by atoms with Crippen molar-refractivity contribution in [2.75, 3.05) is 11.1 Å². The highest BCUT2D eigenvalue weighted by atomic mass is 79.9. The lowest BCUT2D eigenvalue weighted by molar-refractivity contribution is -0.113. The molecule has 1 N–H and O–H groups in total. The van der Waals surface area contributed by atoms with Gasteiger partial charge in [-0.05, 0) is 36.4 Å². The number of thiazole rings is 1. The zero-order valence-corrected chi connectivity index (χ0v) is 16.3. The molecule has 0 bridgehead atoms. The number of aromatic nitrogens is 1. The van der Waals surface area contributed by atoms with E-state index in [1.165, 1.54) is 23.1 Å². The number of thioether (sulfide) groups is 1. The van der Waals surface area contributed by atoms with E-state index in [4.69, 9.17) is 11.6 Å². The summed E-state index contributed by atoms with van der Waals surface area (Å²) in [7, 11) is 0. The van der Waals surface area contributed by atoms with Crippen LogP contribution in [-0.4, -0.2) is 16.6 Å². The van der Waals surface area contributed by atoms with Crippen LogP contribution in [0.4, 0.5) is 5.13 Å². The van der Waals surface area contributed by atoms with Gasteiger partial charge in [0.1, 0.15) is 0 Å². The summed E-state index contributed by atoms with van der Waals surface area (Å²) in [6.45, 7) is 0. The van der Waals surface area contributed by atoms with Crippen LogP contribution in [0.25, 0.3) is 11.3 Å². The zero-order valence-electron chi connectivity index (χ0n) is 12.3. The van der Waals surface area contributed by atoms with E-state index >= 15 is 0 Å². The molecule has 1 amide bonds. The van der Waals surface area contributed by atoms with Gasteiger partial charge in [0.15, 0.2) is 5.13 Å². The molecule has 0 radical (unpaired) electrons. The summed E-state index contributed by atoms with van der Waals surface area (Å²) < 4.78 is 1.02. The first-order valence-corrected chi connectivity index (χ1v) is 10.0. The molecule has 0 saturated carbocycles. The van der Waals surface area contributed by atoms with E-state index in [2.05, 4.69) is 26.2 Å². The van der Waals surface area contributed by atoms with Crippen molar-refractivity contribution in [3.8, 4) is 11.3 Å². The Hall–Kier alpha value is -1.34. The molecule has 3 aromatic rings. The second-order valence-electron chi connectivity index (χ2n) is 4.84. The smallest absolute Gasteiger partial charge is 0.236 e. The SMILES string of the molecule is O=C(CSc1ccc(Br)cc1)Nc1nc(-c2ccc(Cl)cc2)cs1. The van der Waals surface area contributed by atoms with Gasteiger partial charge in [0.2, 0.25) is 5.91 Å². The number of hydrogen-bond acceptors (Lipinski definition) is 4. The van der Waals surface area contributed by atoms with Crippen molar-refractivity contribution in [3.05, 3.63) is 63.4 Å². The van der Waals surface area contributed by atoms with Crippen LogP contribution in [0.2, 0.25) is 5.02 Å². The molecule has 0 aliphatic carbocycles. The van der Waals surface area contributed by atoms with E-state index in [9.17, 15) is 4.79 Å². The van der Waals surface area contributed by atoms with Gasteiger partial charge in [-0.15, -0.1) is 23.1 Å². The third kappa shape index (κ3) is 4.83. The molecule has 0 aliphatic heterocycles. The molecule has 3 rings (SSSR count). The van der Waals surface area contributed by atoms with Gasteiger partial charge in [-0.2, -0.15) is 0 Å². The van der Waals surface area contributed by atoms with E-state index in [1.54, 1.807) is 0 Å². The van der Waals surface area contributed by atoms with Crippen LogP contribution < -0.4 is 5.32 Å². The van der Waals surface area contributed by atoms with Crippen LogP contribution in [0.3, 0.4) is 0 Å². The van der Waals surface area contributed by atoms with Crippen LogP contribution in [0.15, 0.2) is 63.3 Å². The lowest BCUT2D eigenvalue weighted by Crippen LogP contribution is -2.13. The van der Waals surface area contributed by atoms with Gasteiger partial charge in [-0.3, -0.25) is 4.79 Å². The third-order valence-corrected chi connectivity index (χ3v) is 5.62. The Bertz CT molecular complexity index is 835. The fraction of sp³-hybridized carbons (Fsp3) is 0.0588. The number of amides is 1. The van der Waals surface area contributed by atoms with Gasteiger partial charge in [0.05, 0.1) is 11.4 Å². The maximum Gasteiger partial charge on any atom is 0.236 e. The summed E-state index contributed by atoms with van der Waals surface area (Å²) in [6, 6.07) is 15.3. The molecule has 0 spiro atoms.